The van der Waals surface area contributed by atoms with Gasteiger partial charge in [0.05, 0.1) is 33.3 Å². The quantitative estimate of drug-likeness (QED) is 0.174. The zero-order chi connectivity index (χ0) is 40.7. The molecule has 0 aliphatic carbocycles. The Hall–Kier alpha value is -8.34. The highest BCUT2D eigenvalue weighted by atomic mass is 15.2. The summed E-state index contributed by atoms with van der Waals surface area (Å²) in [6, 6.07) is 78.6. The van der Waals surface area contributed by atoms with Crippen molar-refractivity contribution in [2.24, 2.45) is 0 Å². The van der Waals surface area contributed by atoms with Gasteiger partial charge in [-0.2, -0.15) is 0 Å². The van der Waals surface area contributed by atoms with Gasteiger partial charge in [-0.25, -0.2) is 9.97 Å². The molecule has 0 bridgehead atoms. The maximum Gasteiger partial charge on any atom is 0.235 e. The normalized spacial score (nSPS) is 11.9. The van der Waals surface area contributed by atoms with Crippen molar-refractivity contribution >= 4 is 76.1 Å². The van der Waals surface area contributed by atoms with Gasteiger partial charge in [-0.1, -0.05) is 176 Å². The maximum absolute atomic E-state index is 5.40. The van der Waals surface area contributed by atoms with Crippen LogP contribution in [0.25, 0.3) is 121 Å². The highest BCUT2D eigenvalue weighted by Gasteiger charge is 2.23. The molecule has 62 heavy (non-hydrogen) atoms. The van der Waals surface area contributed by atoms with Crippen molar-refractivity contribution in [1.29, 1.82) is 0 Å². The Morgan fingerprint density at radius 2 is 0.726 bits per heavy atom. The Morgan fingerprint density at radius 3 is 1.32 bits per heavy atom. The van der Waals surface area contributed by atoms with Crippen LogP contribution in [0.2, 0.25) is 0 Å². The van der Waals surface area contributed by atoms with E-state index in [0.29, 0.717) is 5.95 Å². The van der Waals surface area contributed by atoms with Crippen molar-refractivity contribution in [2.75, 3.05) is 0 Å². The Labute approximate surface area is 357 Å². The van der Waals surface area contributed by atoms with E-state index < -0.39 is 0 Å². The van der Waals surface area contributed by atoms with Gasteiger partial charge in [0, 0.05) is 49.0 Å². The van der Waals surface area contributed by atoms with Crippen LogP contribution in [0.15, 0.2) is 218 Å². The predicted molar refractivity (Wildman–Crippen MR) is 260 cm³/mol. The van der Waals surface area contributed by atoms with Crippen molar-refractivity contribution in [1.82, 2.24) is 19.1 Å². The van der Waals surface area contributed by atoms with Gasteiger partial charge in [0.15, 0.2) is 0 Å². The fourth-order valence-corrected chi connectivity index (χ4v) is 9.98. The third-order valence-electron chi connectivity index (χ3n) is 12.7. The number of hydrogen-bond acceptors (Lipinski definition) is 2. The van der Waals surface area contributed by atoms with E-state index in [1.807, 2.05) is 6.07 Å². The van der Waals surface area contributed by atoms with Crippen LogP contribution < -0.4 is 0 Å². The van der Waals surface area contributed by atoms with E-state index in [0.717, 1.165) is 55.0 Å². The van der Waals surface area contributed by atoms with Gasteiger partial charge in [0.1, 0.15) is 0 Å². The molecule has 0 unspecified atom stereocenters. The summed E-state index contributed by atoms with van der Waals surface area (Å²) in [6.07, 6.45) is 0. The Morgan fingerprint density at radius 1 is 0.290 bits per heavy atom. The van der Waals surface area contributed by atoms with Gasteiger partial charge in [-0.05, 0) is 75.5 Å². The second-order valence-electron chi connectivity index (χ2n) is 16.1. The summed E-state index contributed by atoms with van der Waals surface area (Å²) in [7, 11) is 0. The average molecular weight is 789 g/mol. The maximum atomic E-state index is 5.40. The van der Waals surface area contributed by atoms with Crippen LogP contribution in [0.4, 0.5) is 0 Å². The van der Waals surface area contributed by atoms with Crippen molar-refractivity contribution in [3.63, 3.8) is 0 Å². The minimum atomic E-state index is 0.656. The number of nitrogens with zero attached hydrogens (tertiary/aromatic N) is 4. The molecule has 0 spiro atoms. The molecule has 0 saturated carbocycles. The monoisotopic (exact) mass is 788 g/mol. The van der Waals surface area contributed by atoms with E-state index in [1.54, 1.807) is 0 Å². The Kier molecular flexibility index (Phi) is 7.57. The highest BCUT2D eigenvalue weighted by Crippen LogP contribution is 2.46. The molecule has 288 valence electrons. The molecular weight excluding hydrogens is 753 g/mol. The first-order chi connectivity index (χ1) is 30.8. The molecule has 4 heteroatoms. The van der Waals surface area contributed by atoms with E-state index in [-0.39, 0.29) is 0 Å². The number of aromatic nitrogens is 4. The van der Waals surface area contributed by atoms with Crippen LogP contribution in [0.5, 0.6) is 0 Å². The van der Waals surface area contributed by atoms with E-state index >= 15 is 0 Å². The van der Waals surface area contributed by atoms with Crippen LogP contribution in [0, 0.1) is 0 Å². The first-order valence-corrected chi connectivity index (χ1v) is 21.2. The third-order valence-corrected chi connectivity index (χ3v) is 12.7. The standard InChI is InChI=1S/C58H36N4/c1-3-17-37(18-4-1)38-31-33-40(34-32-38)61-53-29-15-12-23-43(53)50-35-48(41-21-7-9-25-45(41)56(50)61)49-36-51-44-24-13-16-30-54(44)62(57(51)46-26-10-8-22-42(46)49)58-59-52-28-14-11-27-47(52)55(60-58)39-19-5-2-6-20-39/h1-36H. The second-order valence-corrected chi connectivity index (χ2v) is 16.1. The van der Waals surface area contributed by atoms with Crippen molar-refractivity contribution in [3.8, 4) is 45.1 Å². The molecule has 0 N–H and O–H groups in total. The molecule has 4 nitrogen and oxygen atoms in total. The lowest BCUT2D eigenvalue weighted by atomic mass is 9.90. The SMILES string of the molecule is c1ccc(-c2ccc(-n3c4ccccc4c4cc(-c5cc6c7ccccc7n(-c7nc(-c8ccccc8)c8ccccc8n7)c6c6ccccc56)c5ccccc5c43)cc2)cc1. The average Bonchev–Trinajstić information content (AvgIpc) is 3.87. The second kappa shape index (κ2) is 13.6. The molecule has 3 aromatic heterocycles. The molecule has 13 rings (SSSR count). The molecule has 3 heterocycles. The van der Waals surface area contributed by atoms with Gasteiger partial charge >= 0.3 is 0 Å². The Balaban J connectivity index is 1.10. The summed E-state index contributed by atoms with van der Waals surface area (Å²) < 4.78 is 4.74. The minimum absolute atomic E-state index is 0.656. The molecule has 0 atom stereocenters. The lowest BCUT2D eigenvalue weighted by Crippen LogP contribution is -2.03. The van der Waals surface area contributed by atoms with Crippen molar-refractivity contribution in [3.05, 3.63) is 218 Å². The molecule has 0 radical (unpaired) electrons. The lowest BCUT2D eigenvalue weighted by molar-refractivity contribution is 1.02. The van der Waals surface area contributed by atoms with Crippen LogP contribution in [-0.2, 0) is 0 Å². The van der Waals surface area contributed by atoms with Crippen LogP contribution >= 0.6 is 0 Å². The third kappa shape index (κ3) is 5.14. The van der Waals surface area contributed by atoms with Gasteiger partial charge in [-0.15, -0.1) is 0 Å². The smallest absolute Gasteiger partial charge is 0.235 e. The molecule has 13 aromatic rings. The molecular formula is C58H36N4. The van der Waals surface area contributed by atoms with Crippen LogP contribution in [0.3, 0.4) is 0 Å². The largest absolute Gasteiger partial charge is 0.309 e. The lowest BCUT2D eigenvalue weighted by Gasteiger charge is -2.16. The van der Waals surface area contributed by atoms with Crippen molar-refractivity contribution < 1.29 is 0 Å². The van der Waals surface area contributed by atoms with E-state index in [2.05, 4.69) is 221 Å². The Bertz CT molecular complexity index is 3900. The summed E-state index contributed by atoms with van der Waals surface area (Å²) in [5.74, 6) is 0.656. The molecule has 10 aromatic carbocycles. The number of rotatable bonds is 5. The van der Waals surface area contributed by atoms with Crippen LogP contribution in [0.1, 0.15) is 0 Å². The zero-order valence-corrected chi connectivity index (χ0v) is 33.6. The van der Waals surface area contributed by atoms with Crippen LogP contribution in [-0.4, -0.2) is 19.1 Å². The van der Waals surface area contributed by atoms with Gasteiger partial charge < -0.3 is 4.57 Å². The molecule has 0 amide bonds. The first-order valence-electron chi connectivity index (χ1n) is 21.2. The number of hydrogen-bond donors (Lipinski definition) is 0. The molecule has 0 fully saturated rings. The molecule has 0 saturated heterocycles. The molecule has 0 aliphatic rings. The summed E-state index contributed by atoms with van der Waals surface area (Å²) >= 11 is 0. The topological polar surface area (TPSA) is 35.6 Å². The fraction of sp³-hybridized carbons (Fsp3) is 0. The fourth-order valence-electron chi connectivity index (χ4n) is 9.98. The van der Waals surface area contributed by atoms with E-state index in [9.17, 15) is 0 Å². The van der Waals surface area contributed by atoms with Gasteiger partial charge in [-0.3, -0.25) is 4.57 Å². The number of para-hydroxylation sites is 3. The summed E-state index contributed by atoms with van der Waals surface area (Å²) in [6.45, 7) is 0. The predicted octanol–water partition coefficient (Wildman–Crippen LogP) is 15.1. The number of fused-ring (bicyclic) bond motifs is 11. The summed E-state index contributed by atoms with van der Waals surface area (Å²) in [5, 5.41) is 10.6. The molecule has 0 aliphatic heterocycles. The summed E-state index contributed by atoms with van der Waals surface area (Å²) in [4.78, 5) is 10.7. The minimum Gasteiger partial charge on any atom is -0.309 e. The summed E-state index contributed by atoms with van der Waals surface area (Å²) in [5.41, 5.74) is 13.4. The van der Waals surface area contributed by atoms with Crippen molar-refractivity contribution in [2.45, 2.75) is 0 Å². The van der Waals surface area contributed by atoms with Gasteiger partial charge in [0.2, 0.25) is 5.95 Å². The van der Waals surface area contributed by atoms with E-state index in [1.165, 1.54) is 60.2 Å². The van der Waals surface area contributed by atoms with E-state index in [4.69, 9.17) is 9.97 Å². The zero-order valence-electron chi connectivity index (χ0n) is 33.6. The van der Waals surface area contributed by atoms with Gasteiger partial charge in [0.25, 0.3) is 0 Å². The number of benzene rings is 10. The highest BCUT2D eigenvalue weighted by molar-refractivity contribution is 6.26. The first kappa shape index (κ1) is 34.5.